The summed E-state index contributed by atoms with van der Waals surface area (Å²) in [6.45, 7) is 0.705. The van der Waals surface area contributed by atoms with E-state index < -0.39 is 0 Å². The minimum atomic E-state index is -0.373. The first-order valence-corrected chi connectivity index (χ1v) is 8.26. The van der Waals surface area contributed by atoms with E-state index in [9.17, 15) is 4.39 Å². The van der Waals surface area contributed by atoms with E-state index in [1.165, 1.54) is 12.1 Å². The Morgan fingerprint density at radius 1 is 1.04 bits per heavy atom. The van der Waals surface area contributed by atoms with E-state index in [1.54, 1.807) is 30.6 Å². The van der Waals surface area contributed by atoms with E-state index >= 15 is 0 Å². The first-order valence-electron chi connectivity index (χ1n) is 7.13. The molecule has 7 heteroatoms. The highest BCUT2D eigenvalue weighted by Crippen LogP contribution is 2.32. The quantitative estimate of drug-likeness (QED) is 0.675. The van der Waals surface area contributed by atoms with Crippen LogP contribution in [0.15, 0.2) is 42.7 Å². The molecular weight excluding hydrogens is 372 g/mol. The summed E-state index contributed by atoms with van der Waals surface area (Å²) in [6.07, 6.45) is 1.67. The molecule has 0 aliphatic carbocycles. The lowest BCUT2D eigenvalue weighted by molar-refractivity contribution is 0.626. The van der Waals surface area contributed by atoms with Gasteiger partial charge < -0.3 is 10.3 Å². The lowest BCUT2D eigenvalue weighted by Crippen LogP contribution is -2.09. The zero-order valence-corrected chi connectivity index (χ0v) is 14.7. The first kappa shape index (κ1) is 17.2. The number of nitrogens with two attached hydrogens (primary N) is 1. The van der Waals surface area contributed by atoms with Gasteiger partial charge in [0.05, 0.1) is 29.3 Å². The largest absolute Gasteiger partial charge is 0.328 e. The van der Waals surface area contributed by atoms with Crippen LogP contribution in [0.3, 0.4) is 0 Å². The predicted molar refractivity (Wildman–Crippen MR) is 96.1 cm³/mol. The summed E-state index contributed by atoms with van der Waals surface area (Å²) >= 11 is 18.3. The number of hydrogen-bond acceptors (Lipinski definition) is 2. The van der Waals surface area contributed by atoms with E-state index in [4.69, 9.17) is 40.5 Å². The Hall–Kier alpha value is -1.59. The van der Waals surface area contributed by atoms with E-state index in [-0.39, 0.29) is 12.4 Å². The Kier molecular flexibility index (Phi) is 5.11. The van der Waals surface area contributed by atoms with Crippen LogP contribution in [0, 0.1) is 5.82 Å². The third-order valence-electron chi connectivity index (χ3n) is 3.68. The molecule has 1 aromatic heterocycles. The Balaban J connectivity index is 2.00. The fourth-order valence-corrected chi connectivity index (χ4v) is 3.22. The van der Waals surface area contributed by atoms with Gasteiger partial charge >= 0.3 is 0 Å². The molecule has 0 radical (unpaired) electrons. The maximum atomic E-state index is 13.2. The predicted octanol–water partition coefficient (Wildman–Crippen LogP) is 5.16. The van der Waals surface area contributed by atoms with Crippen LogP contribution < -0.4 is 5.73 Å². The SMILES string of the molecule is NCc1c(-c2ccc(Cl)cc2Cl)ncn1Cc1ccc(F)cc1Cl. The Bertz CT molecular complexity index is 893. The second-order valence-corrected chi connectivity index (χ2v) is 6.48. The van der Waals surface area contributed by atoms with Crippen molar-refractivity contribution in [3.05, 3.63) is 74.9 Å². The highest BCUT2D eigenvalue weighted by atomic mass is 35.5. The Labute approximate surface area is 153 Å². The van der Waals surface area contributed by atoms with E-state index in [0.29, 0.717) is 27.3 Å². The second kappa shape index (κ2) is 7.11. The van der Waals surface area contributed by atoms with Gasteiger partial charge in [-0.1, -0.05) is 40.9 Å². The summed E-state index contributed by atoms with van der Waals surface area (Å²) in [6, 6.07) is 9.52. The summed E-state index contributed by atoms with van der Waals surface area (Å²) in [5.74, 6) is -0.373. The van der Waals surface area contributed by atoms with E-state index in [2.05, 4.69) is 4.98 Å². The zero-order chi connectivity index (χ0) is 17.3. The van der Waals surface area contributed by atoms with Gasteiger partial charge in [0.2, 0.25) is 0 Å². The van der Waals surface area contributed by atoms with Crippen LogP contribution >= 0.6 is 34.8 Å². The second-order valence-electron chi connectivity index (χ2n) is 5.23. The van der Waals surface area contributed by atoms with Gasteiger partial charge in [0.1, 0.15) is 5.82 Å². The lowest BCUT2D eigenvalue weighted by atomic mass is 10.1. The summed E-state index contributed by atoms with van der Waals surface area (Å²) in [5.41, 5.74) is 8.94. The molecular formula is C17H13Cl3FN3. The standard InChI is InChI=1S/C17H13Cl3FN3/c18-11-2-4-13(15(20)5-11)17-16(7-22)24(9-23-17)8-10-1-3-12(21)6-14(10)19/h1-6,9H,7-8,22H2. The Morgan fingerprint density at radius 3 is 2.50 bits per heavy atom. The molecule has 0 spiro atoms. The highest BCUT2D eigenvalue weighted by molar-refractivity contribution is 6.36. The molecule has 0 unspecified atom stereocenters. The fraction of sp³-hybridized carbons (Fsp3) is 0.118. The minimum absolute atomic E-state index is 0.271. The number of aromatic nitrogens is 2. The third kappa shape index (κ3) is 3.42. The zero-order valence-electron chi connectivity index (χ0n) is 12.4. The number of halogens is 4. The molecule has 0 amide bonds. The van der Waals surface area contributed by atoms with Crippen LogP contribution in [-0.2, 0) is 13.1 Å². The van der Waals surface area contributed by atoms with Crippen LogP contribution in [0.1, 0.15) is 11.3 Å². The molecule has 3 aromatic rings. The molecule has 0 bridgehead atoms. The average Bonchev–Trinajstić information content (AvgIpc) is 2.92. The number of imidazole rings is 1. The van der Waals surface area contributed by atoms with Gasteiger partial charge in [-0.25, -0.2) is 9.37 Å². The van der Waals surface area contributed by atoms with E-state index in [1.807, 2.05) is 4.57 Å². The van der Waals surface area contributed by atoms with Gasteiger partial charge in [-0.15, -0.1) is 0 Å². The molecule has 0 fully saturated rings. The number of benzene rings is 2. The Morgan fingerprint density at radius 2 is 1.83 bits per heavy atom. The summed E-state index contributed by atoms with van der Waals surface area (Å²) in [5, 5.41) is 1.41. The topological polar surface area (TPSA) is 43.8 Å². The summed E-state index contributed by atoms with van der Waals surface area (Å²) in [7, 11) is 0. The maximum absolute atomic E-state index is 13.2. The molecule has 2 aromatic carbocycles. The van der Waals surface area contributed by atoms with Crippen LogP contribution in [0.4, 0.5) is 4.39 Å². The van der Waals surface area contributed by atoms with Gasteiger partial charge in [0.15, 0.2) is 0 Å². The van der Waals surface area contributed by atoms with Crippen LogP contribution in [-0.4, -0.2) is 9.55 Å². The summed E-state index contributed by atoms with van der Waals surface area (Å²) in [4.78, 5) is 4.43. The van der Waals surface area contributed by atoms with Crippen LogP contribution in [0.25, 0.3) is 11.3 Å². The van der Waals surface area contributed by atoms with Gasteiger partial charge in [0.25, 0.3) is 0 Å². The molecule has 1 heterocycles. The van der Waals surface area contributed by atoms with Crippen molar-refractivity contribution in [2.75, 3.05) is 0 Å². The monoisotopic (exact) mass is 383 g/mol. The normalized spacial score (nSPS) is 11.0. The van der Waals surface area contributed by atoms with Crippen LogP contribution in [0.5, 0.6) is 0 Å². The van der Waals surface area contributed by atoms with Crippen molar-refractivity contribution in [1.82, 2.24) is 9.55 Å². The molecule has 0 aliphatic rings. The highest BCUT2D eigenvalue weighted by Gasteiger charge is 2.15. The van der Waals surface area contributed by atoms with E-state index in [0.717, 1.165) is 16.8 Å². The molecule has 2 N–H and O–H groups in total. The molecule has 3 rings (SSSR count). The lowest BCUT2D eigenvalue weighted by Gasteiger charge is -2.11. The minimum Gasteiger partial charge on any atom is -0.328 e. The van der Waals surface area contributed by atoms with Crippen LogP contribution in [0.2, 0.25) is 15.1 Å². The molecule has 0 atom stereocenters. The van der Waals surface area contributed by atoms with Crippen molar-refractivity contribution >= 4 is 34.8 Å². The fourth-order valence-electron chi connectivity index (χ4n) is 2.50. The molecule has 124 valence electrons. The molecule has 0 aliphatic heterocycles. The van der Waals surface area contributed by atoms with Crippen molar-refractivity contribution < 1.29 is 4.39 Å². The van der Waals surface area contributed by atoms with Gasteiger partial charge in [-0.05, 0) is 35.9 Å². The molecule has 0 saturated carbocycles. The number of rotatable bonds is 4. The average molecular weight is 385 g/mol. The van der Waals surface area contributed by atoms with Gasteiger partial charge in [-0.2, -0.15) is 0 Å². The molecule has 3 nitrogen and oxygen atoms in total. The third-order valence-corrected chi connectivity index (χ3v) is 4.58. The van der Waals surface area contributed by atoms with Gasteiger partial charge in [0, 0.05) is 22.2 Å². The summed E-state index contributed by atoms with van der Waals surface area (Å²) < 4.78 is 15.1. The molecule has 0 saturated heterocycles. The smallest absolute Gasteiger partial charge is 0.124 e. The van der Waals surface area contributed by atoms with Crippen molar-refractivity contribution in [3.8, 4) is 11.3 Å². The maximum Gasteiger partial charge on any atom is 0.124 e. The number of hydrogen-bond donors (Lipinski definition) is 1. The number of nitrogens with zero attached hydrogens (tertiary/aromatic N) is 2. The molecule has 24 heavy (non-hydrogen) atoms. The van der Waals surface area contributed by atoms with Crippen molar-refractivity contribution in [3.63, 3.8) is 0 Å². The van der Waals surface area contributed by atoms with Gasteiger partial charge in [-0.3, -0.25) is 0 Å². The first-order chi connectivity index (χ1) is 11.5. The van der Waals surface area contributed by atoms with Crippen molar-refractivity contribution in [2.24, 2.45) is 5.73 Å². The van der Waals surface area contributed by atoms with Crippen molar-refractivity contribution in [2.45, 2.75) is 13.1 Å². The van der Waals surface area contributed by atoms with Crippen molar-refractivity contribution in [1.29, 1.82) is 0 Å².